The van der Waals surface area contributed by atoms with Crippen LogP contribution in [0, 0.1) is 11.8 Å². The average molecular weight is 998 g/mol. The molecule has 0 aliphatic carbocycles. The third-order valence-electron chi connectivity index (χ3n) is 15.5. The molecule has 0 aliphatic rings. The lowest BCUT2D eigenvalue weighted by Crippen LogP contribution is -2.43. The van der Waals surface area contributed by atoms with Crippen LogP contribution >= 0.6 is 22.7 Å². The van der Waals surface area contributed by atoms with Gasteiger partial charge in [-0.15, -0.1) is 22.7 Å². The fourth-order valence-corrected chi connectivity index (χ4v) is 12.7. The van der Waals surface area contributed by atoms with Crippen LogP contribution in [-0.2, 0) is 13.1 Å². The molecule has 8 heteroatoms. The van der Waals surface area contributed by atoms with Crippen LogP contribution in [0.5, 0.6) is 0 Å². The number of fused-ring (bicyclic) bond motifs is 2. The highest BCUT2D eigenvalue weighted by atomic mass is 32.1. The molecule has 4 heterocycles. The Hall–Kier alpha value is -2.58. The molecule has 6 nitrogen and oxygen atoms in total. The van der Waals surface area contributed by atoms with E-state index in [1.165, 1.54) is 267 Å². The van der Waals surface area contributed by atoms with E-state index in [2.05, 4.69) is 72.3 Å². The fraction of sp³-hybridized carbons (Fsp3) is 0.774. The topological polar surface area (TPSA) is 61.6 Å². The normalized spacial score (nSPS) is 12.9. The first-order valence-corrected chi connectivity index (χ1v) is 32.2. The van der Waals surface area contributed by atoms with Crippen LogP contribution in [0.3, 0.4) is 0 Å². The molecule has 0 amide bonds. The van der Waals surface area contributed by atoms with Crippen LogP contribution < -0.4 is 9.90 Å². The van der Waals surface area contributed by atoms with E-state index in [1.54, 1.807) is 22.7 Å². The molecule has 0 radical (unpaired) electrons. The molecule has 394 valence electrons. The number of hydrogen-bond donors (Lipinski definition) is 0. The van der Waals surface area contributed by atoms with Crippen molar-refractivity contribution in [3.63, 3.8) is 0 Å². The Bertz CT molecular complexity index is 1780. The van der Waals surface area contributed by atoms with Crippen molar-refractivity contribution in [1.82, 2.24) is 25.2 Å². The van der Waals surface area contributed by atoms with Crippen molar-refractivity contribution >= 4 is 44.7 Å². The van der Waals surface area contributed by atoms with Gasteiger partial charge in [0.2, 0.25) is 0 Å². The lowest BCUT2D eigenvalue weighted by molar-refractivity contribution is -0.809. The molecule has 5 aromatic rings. The second-order valence-electron chi connectivity index (χ2n) is 21.8. The summed E-state index contributed by atoms with van der Waals surface area (Å²) in [6, 6.07) is 8.87. The van der Waals surface area contributed by atoms with E-state index in [0.29, 0.717) is 11.8 Å². The highest BCUT2D eigenvalue weighted by Crippen LogP contribution is 2.43. The minimum Gasteiger partial charge on any atom is -0.186 e. The number of benzene rings is 1. The molecule has 4 aromatic heterocycles. The molecule has 0 bridgehead atoms. The van der Waals surface area contributed by atoms with Gasteiger partial charge in [-0.3, -0.25) is 0 Å². The number of nitrogens with zero attached hydrogens (tertiary/aromatic N) is 6. The maximum absolute atomic E-state index is 5.50. The van der Waals surface area contributed by atoms with Crippen molar-refractivity contribution in [2.24, 2.45) is 11.8 Å². The quantitative estimate of drug-likeness (QED) is 0.0288. The molecular formula is C62H104N6S2. The van der Waals surface area contributed by atoms with E-state index >= 15 is 0 Å². The third-order valence-corrected chi connectivity index (χ3v) is 17.3. The van der Waals surface area contributed by atoms with E-state index in [1.807, 2.05) is 0 Å². The second-order valence-corrected chi connectivity index (χ2v) is 23.7. The SMILES string of the molecule is CCCCCCCCCCCCC(CCCCCCCCCC)Cn1nc2c(-c3cccs3)c3n[n+](CC(CCCCCCCCCC)CCCCCCCCCCCC)[n-]c3c(-c3cccs3)c2n1. The first-order valence-electron chi connectivity index (χ1n) is 30.4. The summed E-state index contributed by atoms with van der Waals surface area (Å²) in [5.74, 6) is 1.19. The number of aromatic nitrogens is 6. The maximum atomic E-state index is 5.50. The van der Waals surface area contributed by atoms with Crippen molar-refractivity contribution in [3.05, 3.63) is 35.0 Å². The van der Waals surface area contributed by atoms with E-state index < -0.39 is 0 Å². The molecule has 0 N–H and O–H groups in total. The van der Waals surface area contributed by atoms with Gasteiger partial charge in [0.15, 0.2) is 6.54 Å². The van der Waals surface area contributed by atoms with Gasteiger partial charge in [0.05, 0.1) is 6.54 Å². The Kier molecular flexibility index (Phi) is 31.0. The molecule has 0 fully saturated rings. The number of unbranched alkanes of at least 4 members (excludes halogenated alkanes) is 32. The van der Waals surface area contributed by atoms with Gasteiger partial charge in [-0.2, -0.15) is 30.0 Å². The average Bonchev–Trinajstić information content (AvgIpc) is 4.23. The van der Waals surface area contributed by atoms with Gasteiger partial charge in [0.25, 0.3) is 0 Å². The summed E-state index contributed by atoms with van der Waals surface area (Å²) in [6.07, 6.45) is 54.7. The molecule has 0 saturated heterocycles. The Morgan fingerprint density at radius 3 is 1.14 bits per heavy atom. The number of rotatable bonds is 46. The molecular weight excluding hydrogens is 893 g/mol. The van der Waals surface area contributed by atoms with Gasteiger partial charge >= 0.3 is 0 Å². The van der Waals surface area contributed by atoms with Crippen molar-refractivity contribution in [2.45, 2.75) is 298 Å². The molecule has 0 spiro atoms. The van der Waals surface area contributed by atoms with Gasteiger partial charge in [-0.05, 0) is 54.5 Å². The zero-order chi connectivity index (χ0) is 49.1. The van der Waals surface area contributed by atoms with Crippen LogP contribution in [0.2, 0.25) is 0 Å². The largest absolute Gasteiger partial charge is 0.186 e. The van der Waals surface area contributed by atoms with Crippen LogP contribution in [0.1, 0.15) is 285 Å². The van der Waals surface area contributed by atoms with Crippen LogP contribution in [0.4, 0.5) is 0 Å². The lowest BCUT2D eigenvalue weighted by Gasteiger charge is -2.16. The fourth-order valence-electron chi connectivity index (χ4n) is 11.2. The van der Waals surface area contributed by atoms with Gasteiger partial charge in [0, 0.05) is 37.8 Å². The van der Waals surface area contributed by atoms with Gasteiger partial charge in [-0.1, -0.05) is 271 Å². The summed E-state index contributed by atoms with van der Waals surface area (Å²) >= 11 is 3.59. The Morgan fingerprint density at radius 1 is 0.429 bits per heavy atom. The van der Waals surface area contributed by atoms with Crippen molar-refractivity contribution in [1.29, 1.82) is 0 Å². The molecule has 5 rings (SSSR count). The molecule has 2 atom stereocenters. The van der Waals surface area contributed by atoms with Crippen LogP contribution in [-0.4, -0.2) is 20.1 Å². The molecule has 2 unspecified atom stereocenters. The molecule has 0 saturated carbocycles. The second kappa shape index (κ2) is 37.2. The standard InChI is InChI=1S/C62H104N6S2/c1-5-9-13-17-21-25-27-31-35-39-45-53(43-37-33-29-23-19-15-11-7-3)51-67-63-59-57(55-47-41-49-69-55)61-62(58(60(59)64-67)56-48-42-50-70-56)66-68(65-61)52-54(44-38-34-30-24-20-16-12-8-4)46-40-36-32-28-26-22-18-14-10-6-2/h41-42,47-50,53-54H,5-40,43-46,51-52H2,1-4H3. The van der Waals surface area contributed by atoms with Crippen molar-refractivity contribution < 1.29 is 4.80 Å². The molecule has 0 aliphatic heterocycles. The summed E-state index contributed by atoms with van der Waals surface area (Å²) in [7, 11) is 0. The smallest absolute Gasteiger partial charge is 0.165 e. The minimum absolute atomic E-state index is 0.594. The summed E-state index contributed by atoms with van der Waals surface area (Å²) < 4.78 is 0. The summed E-state index contributed by atoms with van der Waals surface area (Å²) in [5, 5.41) is 26.4. The highest BCUT2D eigenvalue weighted by Gasteiger charge is 2.25. The maximum Gasteiger partial charge on any atom is 0.165 e. The van der Waals surface area contributed by atoms with Crippen LogP contribution in [0.15, 0.2) is 35.0 Å². The van der Waals surface area contributed by atoms with Crippen molar-refractivity contribution in [3.8, 4) is 20.9 Å². The zero-order valence-corrected chi connectivity index (χ0v) is 47.5. The summed E-state index contributed by atoms with van der Waals surface area (Å²) in [5.41, 5.74) is 6.24. The Labute approximate surface area is 437 Å². The number of hydrogen-bond acceptors (Lipinski definition) is 5. The molecule has 1 aromatic carbocycles. The lowest BCUT2D eigenvalue weighted by atomic mass is 9.94. The first-order chi connectivity index (χ1) is 34.7. The van der Waals surface area contributed by atoms with E-state index in [0.717, 1.165) is 46.3 Å². The monoisotopic (exact) mass is 997 g/mol. The van der Waals surface area contributed by atoms with E-state index in [4.69, 9.17) is 20.4 Å². The summed E-state index contributed by atoms with van der Waals surface area (Å²) in [6.45, 7) is 11.0. The van der Waals surface area contributed by atoms with Gasteiger partial charge in [-0.25, -0.2) is 0 Å². The van der Waals surface area contributed by atoms with E-state index in [9.17, 15) is 0 Å². The predicted octanol–water partition coefficient (Wildman–Crippen LogP) is 20.6. The van der Waals surface area contributed by atoms with Crippen LogP contribution in [0.25, 0.3) is 42.9 Å². The first kappa shape index (κ1) is 58.3. The molecule has 70 heavy (non-hydrogen) atoms. The van der Waals surface area contributed by atoms with Gasteiger partial charge < -0.3 is 0 Å². The van der Waals surface area contributed by atoms with Gasteiger partial charge in [0.1, 0.15) is 11.0 Å². The zero-order valence-electron chi connectivity index (χ0n) is 45.8. The third kappa shape index (κ3) is 21.9. The van der Waals surface area contributed by atoms with Crippen molar-refractivity contribution in [2.75, 3.05) is 0 Å². The summed E-state index contributed by atoms with van der Waals surface area (Å²) in [4.78, 5) is 6.63. The highest BCUT2D eigenvalue weighted by molar-refractivity contribution is 7.14. The Balaban J connectivity index is 1.34. The Morgan fingerprint density at radius 2 is 0.771 bits per heavy atom. The number of thiophene rings is 2. The predicted molar refractivity (Wildman–Crippen MR) is 307 cm³/mol. The minimum atomic E-state index is 0.594. The van der Waals surface area contributed by atoms with E-state index in [-0.39, 0.29) is 0 Å².